The number of hydrogen-bond acceptors (Lipinski definition) is 4. The summed E-state index contributed by atoms with van der Waals surface area (Å²) in [6, 6.07) is 6.98. The summed E-state index contributed by atoms with van der Waals surface area (Å²) < 4.78 is 6.01. The van der Waals surface area contributed by atoms with Gasteiger partial charge in [0.15, 0.2) is 5.43 Å². The number of rotatable bonds is 2. The lowest BCUT2D eigenvalue weighted by atomic mass is 9.91. The van der Waals surface area contributed by atoms with Crippen molar-refractivity contribution in [3.8, 4) is 0 Å². The number of aromatic amines is 1. The van der Waals surface area contributed by atoms with Crippen LogP contribution in [0.3, 0.4) is 0 Å². The average Bonchev–Trinajstić information content (AvgIpc) is 2.80. The van der Waals surface area contributed by atoms with Crippen molar-refractivity contribution in [1.82, 2.24) is 15.2 Å². The highest BCUT2D eigenvalue weighted by Gasteiger charge is 2.37. The largest absolute Gasteiger partial charge is 0.373 e. The fraction of sp³-hybridized carbons (Fsp3) is 0.474. The zero-order valence-corrected chi connectivity index (χ0v) is 15.3. The number of nitrogens with one attached hydrogen (secondary N) is 2. The smallest absolute Gasteiger partial charge is 0.222 e. The Morgan fingerprint density at radius 2 is 2.00 bits per heavy atom. The van der Waals surface area contributed by atoms with Crippen LogP contribution >= 0.6 is 11.6 Å². The lowest BCUT2D eigenvalue weighted by Gasteiger charge is -2.40. The molecule has 2 aliphatic rings. The van der Waals surface area contributed by atoms with Crippen LogP contribution in [0.1, 0.15) is 25.0 Å². The molecule has 0 unspecified atom stereocenters. The monoisotopic (exact) mass is 375 g/mol. The van der Waals surface area contributed by atoms with Crippen molar-refractivity contribution in [3.05, 3.63) is 45.2 Å². The van der Waals surface area contributed by atoms with Crippen molar-refractivity contribution < 1.29 is 9.53 Å². The first-order valence-electron chi connectivity index (χ1n) is 8.98. The highest BCUT2D eigenvalue weighted by Crippen LogP contribution is 2.28. The Morgan fingerprint density at radius 1 is 1.19 bits per heavy atom. The lowest BCUT2D eigenvalue weighted by molar-refractivity contribution is -0.120. The van der Waals surface area contributed by atoms with Crippen LogP contribution in [0.25, 0.3) is 10.9 Å². The molecule has 0 radical (unpaired) electrons. The molecule has 0 saturated carbocycles. The molecule has 2 aliphatic heterocycles. The molecule has 0 atom stereocenters. The molecule has 1 spiro atoms. The van der Waals surface area contributed by atoms with Crippen LogP contribution in [-0.2, 0) is 16.1 Å². The molecule has 7 heteroatoms. The van der Waals surface area contributed by atoms with Gasteiger partial charge in [0.1, 0.15) is 0 Å². The van der Waals surface area contributed by atoms with Gasteiger partial charge in [-0.1, -0.05) is 11.6 Å². The van der Waals surface area contributed by atoms with E-state index in [2.05, 4.69) is 15.2 Å². The van der Waals surface area contributed by atoms with E-state index in [1.54, 1.807) is 18.2 Å². The zero-order chi connectivity index (χ0) is 18.1. The Bertz CT molecular complexity index is 887. The number of likely N-dealkylation sites (tertiary alicyclic amines) is 1. The van der Waals surface area contributed by atoms with Gasteiger partial charge in [-0.25, -0.2) is 0 Å². The van der Waals surface area contributed by atoms with Gasteiger partial charge in [-0.3, -0.25) is 14.5 Å². The summed E-state index contributed by atoms with van der Waals surface area (Å²) in [5, 5.41) is 4.14. The molecule has 1 aromatic carbocycles. The lowest BCUT2D eigenvalue weighted by Crippen LogP contribution is -2.50. The Balaban J connectivity index is 1.44. The number of ether oxygens (including phenoxy) is 1. The van der Waals surface area contributed by atoms with Gasteiger partial charge in [0.2, 0.25) is 5.91 Å². The van der Waals surface area contributed by atoms with Gasteiger partial charge in [-0.2, -0.15) is 0 Å². The number of nitrogens with zero attached hydrogens (tertiary/aromatic N) is 1. The standard InChI is InChI=1S/C19H22ClN3O3/c20-13-1-2-16-15(9-13)17(24)10-14(22-16)11-23-6-4-19(5-7-23)12-21-18(25)3-8-26-19/h1-2,9-10H,3-8,11-12H2,(H,21,25)(H,22,24). The van der Waals surface area contributed by atoms with E-state index in [9.17, 15) is 9.59 Å². The first kappa shape index (κ1) is 17.5. The number of halogens is 1. The Kier molecular flexibility index (Phi) is 4.73. The predicted molar refractivity (Wildman–Crippen MR) is 100 cm³/mol. The molecule has 26 heavy (non-hydrogen) atoms. The summed E-state index contributed by atoms with van der Waals surface area (Å²) >= 11 is 5.98. The number of carbonyl (C=O) groups is 1. The van der Waals surface area contributed by atoms with E-state index in [1.807, 2.05) is 6.07 Å². The normalized spacial score (nSPS) is 20.9. The number of H-pyrrole nitrogens is 1. The molecule has 2 aromatic rings. The van der Waals surface area contributed by atoms with Crippen molar-refractivity contribution in [3.63, 3.8) is 0 Å². The fourth-order valence-corrected chi connectivity index (χ4v) is 3.97. The molecule has 138 valence electrons. The number of aromatic nitrogens is 1. The van der Waals surface area contributed by atoms with Crippen molar-refractivity contribution >= 4 is 28.4 Å². The summed E-state index contributed by atoms with van der Waals surface area (Å²) in [5.41, 5.74) is 1.45. The van der Waals surface area contributed by atoms with Crippen molar-refractivity contribution in [2.24, 2.45) is 0 Å². The van der Waals surface area contributed by atoms with Crippen LogP contribution in [-0.4, -0.2) is 47.6 Å². The minimum atomic E-state index is -0.240. The third-order valence-electron chi connectivity index (χ3n) is 5.35. The van der Waals surface area contributed by atoms with E-state index in [0.717, 1.165) is 37.1 Å². The third kappa shape index (κ3) is 3.63. The molecule has 6 nitrogen and oxygen atoms in total. The quantitative estimate of drug-likeness (QED) is 0.842. The summed E-state index contributed by atoms with van der Waals surface area (Å²) in [6.45, 7) is 3.52. The molecule has 2 fully saturated rings. The second kappa shape index (κ2) is 7.02. The van der Waals surface area contributed by atoms with Crippen molar-refractivity contribution in [2.75, 3.05) is 26.2 Å². The molecule has 1 aromatic heterocycles. The predicted octanol–water partition coefficient (Wildman–Crippen LogP) is 2.05. The third-order valence-corrected chi connectivity index (χ3v) is 5.59. The van der Waals surface area contributed by atoms with E-state index >= 15 is 0 Å². The second-order valence-corrected chi connectivity index (χ2v) is 7.62. The zero-order valence-electron chi connectivity index (χ0n) is 14.5. The van der Waals surface area contributed by atoms with E-state index in [-0.39, 0.29) is 16.9 Å². The number of amides is 1. The molecule has 2 saturated heterocycles. The van der Waals surface area contributed by atoms with E-state index < -0.39 is 0 Å². The molecular formula is C19H22ClN3O3. The van der Waals surface area contributed by atoms with Crippen molar-refractivity contribution in [1.29, 1.82) is 0 Å². The van der Waals surface area contributed by atoms with Gasteiger partial charge in [0, 0.05) is 60.3 Å². The number of benzene rings is 1. The number of hydrogen-bond donors (Lipinski definition) is 2. The summed E-state index contributed by atoms with van der Waals surface area (Å²) in [7, 11) is 0. The van der Waals surface area contributed by atoms with Gasteiger partial charge in [-0.15, -0.1) is 0 Å². The van der Waals surface area contributed by atoms with Crippen LogP contribution in [0, 0.1) is 0 Å². The molecule has 4 rings (SSSR count). The molecule has 3 heterocycles. The highest BCUT2D eigenvalue weighted by molar-refractivity contribution is 6.31. The number of piperidine rings is 1. The van der Waals surface area contributed by atoms with Gasteiger partial charge in [-0.05, 0) is 31.0 Å². The fourth-order valence-electron chi connectivity index (χ4n) is 3.80. The maximum Gasteiger partial charge on any atom is 0.222 e. The van der Waals surface area contributed by atoms with Gasteiger partial charge in [0.05, 0.1) is 12.2 Å². The van der Waals surface area contributed by atoms with Gasteiger partial charge in [0.25, 0.3) is 0 Å². The van der Waals surface area contributed by atoms with Gasteiger partial charge >= 0.3 is 0 Å². The molecular weight excluding hydrogens is 354 g/mol. The topological polar surface area (TPSA) is 74.4 Å². The van der Waals surface area contributed by atoms with Crippen LogP contribution in [0.2, 0.25) is 5.02 Å². The Morgan fingerprint density at radius 3 is 2.81 bits per heavy atom. The van der Waals surface area contributed by atoms with Crippen molar-refractivity contribution in [2.45, 2.75) is 31.4 Å². The SMILES string of the molecule is O=C1CCOC2(CCN(Cc3cc(=O)c4cc(Cl)ccc4[nH]3)CC2)CN1. The molecule has 2 N–H and O–H groups in total. The van der Waals surface area contributed by atoms with E-state index in [1.165, 1.54) is 0 Å². The molecule has 0 aliphatic carbocycles. The highest BCUT2D eigenvalue weighted by atomic mass is 35.5. The molecule has 0 bridgehead atoms. The van der Waals surface area contributed by atoms with Crippen LogP contribution in [0.5, 0.6) is 0 Å². The second-order valence-electron chi connectivity index (χ2n) is 7.18. The Hall–Kier alpha value is -1.89. The number of carbonyl (C=O) groups excluding carboxylic acids is 1. The summed E-state index contributed by atoms with van der Waals surface area (Å²) in [5.74, 6) is 0.0677. The minimum absolute atomic E-state index is 0.0143. The molecule has 1 amide bonds. The first-order chi connectivity index (χ1) is 12.5. The van der Waals surface area contributed by atoms with Gasteiger partial charge < -0.3 is 15.0 Å². The van der Waals surface area contributed by atoms with E-state index in [0.29, 0.717) is 36.5 Å². The van der Waals surface area contributed by atoms with Crippen LogP contribution in [0.15, 0.2) is 29.1 Å². The number of pyridine rings is 1. The Labute approximate surface area is 156 Å². The summed E-state index contributed by atoms with van der Waals surface area (Å²) in [4.78, 5) is 29.5. The minimum Gasteiger partial charge on any atom is -0.373 e. The first-order valence-corrected chi connectivity index (χ1v) is 9.35. The van der Waals surface area contributed by atoms with Crippen LogP contribution in [0.4, 0.5) is 0 Å². The maximum absolute atomic E-state index is 12.3. The van der Waals surface area contributed by atoms with E-state index in [4.69, 9.17) is 16.3 Å². The van der Waals surface area contributed by atoms with Crippen LogP contribution < -0.4 is 10.7 Å². The maximum atomic E-state index is 12.3. The average molecular weight is 376 g/mol. The summed E-state index contributed by atoms with van der Waals surface area (Å²) in [6.07, 6.45) is 2.19. The number of fused-ring (bicyclic) bond motifs is 1.